The molecule has 0 saturated carbocycles. The maximum absolute atomic E-state index is 12.3. The Morgan fingerprint density at radius 1 is 1.07 bits per heavy atom. The van der Waals surface area contributed by atoms with E-state index in [2.05, 4.69) is 44.4 Å². The van der Waals surface area contributed by atoms with Crippen molar-refractivity contribution in [1.29, 1.82) is 0 Å². The number of carbonyl (C=O) groups excluding carboxylic acids is 1. The summed E-state index contributed by atoms with van der Waals surface area (Å²) in [5, 5.41) is 15.8. The van der Waals surface area contributed by atoms with E-state index >= 15 is 0 Å². The third-order valence-electron chi connectivity index (χ3n) is 4.84. The number of benzene rings is 3. The van der Waals surface area contributed by atoms with E-state index in [9.17, 15) is 4.79 Å². The third-order valence-corrected chi connectivity index (χ3v) is 5.99. The molecule has 30 heavy (non-hydrogen) atoms. The van der Waals surface area contributed by atoms with Crippen molar-refractivity contribution in [1.82, 2.24) is 20.4 Å². The van der Waals surface area contributed by atoms with Crippen LogP contribution in [0.5, 0.6) is 0 Å². The molecule has 0 fully saturated rings. The van der Waals surface area contributed by atoms with Gasteiger partial charge < -0.3 is 5.32 Å². The highest BCUT2D eigenvalue weighted by Crippen LogP contribution is 2.44. The Morgan fingerprint density at radius 3 is 2.80 bits per heavy atom. The number of anilines is 2. The highest BCUT2D eigenvalue weighted by molar-refractivity contribution is 7.99. The minimum absolute atomic E-state index is 0.0520. The Kier molecular flexibility index (Phi) is 4.68. The van der Waals surface area contributed by atoms with Gasteiger partial charge in [0.05, 0.1) is 22.6 Å². The van der Waals surface area contributed by atoms with Crippen molar-refractivity contribution < 1.29 is 4.79 Å². The smallest absolute Gasteiger partial charge is 0.261 e. The molecule has 0 saturated heterocycles. The van der Waals surface area contributed by atoms with E-state index in [1.165, 1.54) is 4.90 Å². The second-order valence-electron chi connectivity index (χ2n) is 6.90. The minimum Gasteiger partial charge on any atom is -0.354 e. The molecule has 0 spiro atoms. The second-order valence-corrected chi connectivity index (χ2v) is 7.99. The van der Waals surface area contributed by atoms with E-state index in [0.29, 0.717) is 0 Å². The van der Waals surface area contributed by atoms with Crippen LogP contribution in [-0.4, -0.2) is 26.6 Å². The number of nitrogens with one attached hydrogen (secondary N) is 2. The third kappa shape index (κ3) is 3.53. The molecule has 0 atom stereocenters. The summed E-state index contributed by atoms with van der Waals surface area (Å²) in [5.41, 5.74) is 7.97. The van der Waals surface area contributed by atoms with Crippen LogP contribution in [0.15, 0.2) is 81.6 Å². The number of amides is 1. The van der Waals surface area contributed by atoms with Gasteiger partial charge >= 0.3 is 0 Å². The Morgan fingerprint density at radius 2 is 1.87 bits per heavy atom. The lowest BCUT2D eigenvalue weighted by atomic mass is 10.1. The van der Waals surface area contributed by atoms with Gasteiger partial charge in [0.15, 0.2) is 0 Å². The van der Waals surface area contributed by atoms with E-state index in [-0.39, 0.29) is 12.5 Å². The molecule has 0 bridgehead atoms. The summed E-state index contributed by atoms with van der Waals surface area (Å²) < 4.78 is 1.56. The molecule has 2 N–H and O–H groups in total. The lowest BCUT2D eigenvalue weighted by Crippen LogP contribution is -2.24. The summed E-state index contributed by atoms with van der Waals surface area (Å²) in [5.74, 6) is -0.259. The molecule has 1 aliphatic rings. The van der Waals surface area contributed by atoms with Gasteiger partial charge in [-0.3, -0.25) is 4.79 Å². The first kappa shape index (κ1) is 18.4. The van der Waals surface area contributed by atoms with Gasteiger partial charge in [0.25, 0.3) is 5.91 Å². The van der Waals surface area contributed by atoms with E-state index in [1.807, 2.05) is 55.5 Å². The number of hydrogen-bond donors (Lipinski definition) is 2. The van der Waals surface area contributed by atoms with Crippen LogP contribution in [0.25, 0.3) is 11.0 Å². The summed E-state index contributed by atoms with van der Waals surface area (Å²) in [7, 11) is 0. The molecule has 1 aliphatic heterocycles. The maximum Gasteiger partial charge on any atom is 0.261 e. The average molecular weight is 414 g/mol. The number of nitrogens with zero attached hydrogens (tertiary/aromatic N) is 4. The lowest BCUT2D eigenvalue weighted by molar-refractivity contribution is -0.121. The normalized spacial score (nSPS) is 12.8. The van der Waals surface area contributed by atoms with Crippen molar-refractivity contribution in [3.05, 3.63) is 72.3 Å². The molecule has 0 aliphatic carbocycles. The van der Waals surface area contributed by atoms with Gasteiger partial charge in [0.1, 0.15) is 12.1 Å². The summed E-state index contributed by atoms with van der Waals surface area (Å²) in [4.78, 5) is 14.7. The van der Waals surface area contributed by atoms with Crippen LogP contribution in [0, 0.1) is 0 Å². The second kappa shape index (κ2) is 7.64. The number of para-hydroxylation sites is 2. The van der Waals surface area contributed by atoms with Gasteiger partial charge in [-0.25, -0.2) is 10.1 Å². The summed E-state index contributed by atoms with van der Waals surface area (Å²) in [6, 6.07) is 21.9. The molecule has 0 radical (unpaired) electrons. The van der Waals surface area contributed by atoms with Crippen molar-refractivity contribution in [3.63, 3.8) is 0 Å². The predicted octanol–water partition coefficient (Wildman–Crippen LogP) is 4.18. The fraction of sp³-hybridized carbons (Fsp3) is 0.0909. The summed E-state index contributed by atoms with van der Waals surface area (Å²) in [6.07, 6.45) is 0. The molecular weight excluding hydrogens is 396 g/mol. The lowest BCUT2D eigenvalue weighted by Gasteiger charge is -2.21. The zero-order chi connectivity index (χ0) is 20.5. The number of carbonyl (C=O) groups is 1. The molecule has 148 valence electrons. The van der Waals surface area contributed by atoms with Crippen LogP contribution < -0.4 is 10.7 Å². The van der Waals surface area contributed by atoms with Crippen molar-refractivity contribution in [2.24, 2.45) is 5.10 Å². The zero-order valence-electron chi connectivity index (χ0n) is 16.2. The van der Waals surface area contributed by atoms with Gasteiger partial charge in [0.2, 0.25) is 0 Å². The highest BCUT2D eigenvalue weighted by Gasteiger charge is 2.16. The average Bonchev–Trinajstić information content (AvgIpc) is 3.18. The fourth-order valence-corrected chi connectivity index (χ4v) is 4.25. The van der Waals surface area contributed by atoms with Crippen LogP contribution in [0.2, 0.25) is 0 Å². The molecule has 8 heteroatoms. The SMILES string of the molecule is CC(=NNC(=O)Cn1nnc2ccccc21)c1ccc2c(c1)Nc1ccccc1S2. The molecular formula is C22H18N6OS. The van der Waals surface area contributed by atoms with Gasteiger partial charge in [-0.1, -0.05) is 47.3 Å². The van der Waals surface area contributed by atoms with Crippen LogP contribution >= 0.6 is 11.8 Å². The first-order valence-corrected chi connectivity index (χ1v) is 10.3. The van der Waals surface area contributed by atoms with Gasteiger partial charge in [-0.2, -0.15) is 5.10 Å². The van der Waals surface area contributed by atoms with Gasteiger partial charge in [-0.05, 0) is 48.9 Å². The standard InChI is InChI=1S/C22H18N6OS/c1-14(24-26-22(29)13-28-19-8-4-2-6-16(19)25-27-28)15-10-11-21-18(12-15)23-17-7-3-5-9-20(17)30-21/h2-12,23H,13H2,1H3,(H,26,29). The Bertz CT molecular complexity index is 1300. The molecule has 1 aromatic heterocycles. The van der Waals surface area contributed by atoms with Gasteiger partial charge in [-0.15, -0.1) is 5.10 Å². The van der Waals surface area contributed by atoms with Crippen molar-refractivity contribution >= 4 is 45.8 Å². The van der Waals surface area contributed by atoms with Crippen LogP contribution in [0.3, 0.4) is 0 Å². The number of fused-ring (bicyclic) bond motifs is 3. The van der Waals surface area contributed by atoms with Crippen molar-refractivity contribution in [2.75, 3.05) is 5.32 Å². The number of aromatic nitrogens is 3. The molecule has 4 aromatic rings. The molecule has 7 nitrogen and oxygen atoms in total. The first-order valence-electron chi connectivity index (χ1n) is 9.47. The Hall–Kier alpha value is -3.65. The molecule has 1 amide bonds. The van der Waals surface area contributed by atoms with E-state index < -0.39 is 0 Å². The minimum atomic E-state index is -0.259. The van der Waals surface area contributed by atoms with Crippen molar-refractivity contribution in [2.45, 2.75) is 23.3 Å². The van der Waals surface area contributed by atoms with Crippen LogP contribution in [0.1, 0.15) is 12.5 Å². The molecule has 0 unspecified atom stereocenters. The van der Waals surface area contributed by atoms with Crippen LogP contribution in [0.4, 0.5) is 11.4 Å². The topological polar surface area (TPSA) is 84.2 Å². The zero-order valence-corrected chi connectivity index (χ0v) is 17.0. The monoisotopic (exact) mass is 414 g/mol. The van der Waals surface area contributed by atoms with Crippen molar-refractivity contribution in [3.8, 4) is 0 Å². The summed E-state index contributed by atoms with van der Waals surface area (Å²) >= 11 is 1.74. The molecule has 2 heterocycles. The maximum atomic E-state index is 12.3. The van der Waals surface area contributed by atoms with E-state index in [0.717, 1.165) is 38.6 Å². The van der Waals surface area contributed by atoms with E-state index in [4.69, 9.17) is 0 Å². The van der Waals surface area contributed by atoms with Crippen LogP contribution in [-0.2, 0) is 11.3 Å². The Balaban J connectivity index is 1.29. The number of hydrazone groups is 1. The number of hydrogen-bond acceptors (Lipinski definition) is 6. The predicted molar refractivity (Wildman–Crippen MR) is 118 cm³/mol. The fourth-order valence-electron chi connectivity index (χ4n) is 3.28. The largest absolute Gasteiger partial charge is 0.354 e. The summed E-state index contributed by atoms with van der Waals surface area (Å²) in [6.45, 7) is 1.92. The number of rotatable bonds is 4. The van der Waals surface area contributed by atoms with E-state index in [1.54, 1.807) is 16.4 Å². The highest BCUT2D eigenvalue weighted by atomic mass is 32.2. The quantitative estimate of drug-likeness (QED) is 0.340. The molecule has 3 aromatic carbocycles. The molecule has 5 rings (SSSR count). The first-order chi connectivity index (χ1) is 14.7. The Labute approximate surface area is 177 Å². The van der Waals surface area contributed by atoms with Gasteiger partial charge in [0, 0.05) is 9.79 Å².